The van der Waals surface area contributed by atoms with E-state index in [-0.39, 0.29) is 0 Å². The van der Waals surface area contributed by atoms with E-state index in [0.29, 0.717) is 45.6 Å². The maximum absolute atomic E-state index is 14.4. The molecular weight excluding hydrogens is 259 g/mol. The third-order valence-corrected chi connectivity index (χ3v) is 3.58. The molecule has 1 saturated heterocycles. The molecule has 0 spiro atoms. The van der Waals surface area contributed by atoms with Gasteiger partial charge in [-0.15, -0.1) is 0 Å². The molecule has 2 rings (SSSR count). The molecular formula is C15H21FN2O2. The van der Waals surface area contributed by atoms with Crippen molar-refractivity contribution in [3.8, 4) is 5.75 Å². The van der Waals surface area contributed by atoms with E-state index in [0.717, 1.165) is 12.2 Å². The lowest BCUT2D eigenvalue weighted by atomic mass is 9.93. The van der Waals surface area contributed by atoms with Crippen LogP contribution in [0, 0.1) is 0 Å². The van der Waals surface area contributed by atoms with Crippen molar-refractivity contribution in [1.29, 1.82) is 0 Å². The van der Waals surface area contributed by atoms with Gasteiger partial charge in [0.05, 0.1) is 0 Å². The molecule has 0 aromatic heterocycles. The third-order valence-electron chi connectivity index (χ3n) is 3.58. The van der Waals surface area contributed by atoms with E-state index in [9.17, 15) is 9.18 Å². The number of alkyl halides is 1. The molecule has 1 aliphatic heterocycles. The molecule has 1 aromatic carbocycles. The maximum atomic E-state index is 14.4. The summed E-state index contributed by atoms with van der Waals surface area (Å²) in [6.45, 7) is 2.45. The molecule has 5 heteroatoms. The van der Waals surface area contributed by atoms with Crippen LogP contribution in [0.1, 0.15) is 12.8 Å². The highest BCUT2D eigenvalue weighted by molar-refractivity contribution is 5.47. The van der Waals surface area contributed by atoms with E-state index in [1.54, 1.807) is 4.90 Å². The molecule has 110 valence electrons. The lowest BCUT2D eigenvalue weighted by Gasteiger charge is -2.34. The predicted molar refractivity (Wildman–Crippen MR) is 75.5 cm³/mol. The zero-order chi connectivity index (χ0) is 14.3. The fourth-order valence-electron chi connectivity index (χ4n) is 2.28. The van der Waals surface area contributed by atoms with Gasteiger partial charge in [-0.25, -0.2) is 4.39 Å². The first-order chi connectivity index (χ1) is 9.72. The molecule has 0 saturated carbocycles. The molecule has 1 N–H and O–H groups in total. The van der Waals surface area contributed by atoms with Crippen molar-refractivity contribution in [2.75, 3.05) is 32.8 Å². The third kappa shape index (κ3) is 4.49. The number of rotatable bonds is 7. The van der Waals surface area contributed by atoms with E-state index in [1.807, 2.05) is 30.3 Å². The Morgan fingerprint density at radius 3 is 2.65 bits per heavy atom. The molecule has 0 bridgehead atoms. The van der Waals surface area contributed by atoms with Crippen molar-refractivity contribution in [2.45, 2.75) is 18.5 Å². The van der Waals surface area contributed by atoms with Crippen molar-refractivity contribution in [1.82, 2.24) is 10.2 Å². The van der Waals surface area contributed by atoms with Gasteiger partial charge in [-0.2, -0.15) is 0 Å². The van der Waals surface area contributed by atoms with Gasteiger partial charge >= 0.3 is 0 Å². The van der Waals surface area contributed by atoms with Gasteiger partial charge in [0, 0.05) is 39.0 Å². The first-order valence-electron chi connectivity index (χ1n) is 6.99. The van der Waals surface area contributed by atoms with E-state index in [1.165, 1.54) is 0 Å². The zero-order valence-corrected chi connectivity index (χ0v) is 11.6. The van der Waals surface area contributed by atoms with Crippen LogP contribution in [-0.2, 0) is 4.79 Å². The minimum atomic E-state index is -1.20. The van der Waals surface area contributed by atoms with Gasteiger partial charge < -0.3 is 15.0 Å². The molecule has 0 aliphatic carbocycles. The lowest BCUT2D eigenvalue weighted by Crippen LogP contribution is -2.47. The Hall–Kier alpha value is -1.62. The fourth-order valence-corrected chi connectivity index (χ4v) is 2.28. The Balaban J connectivity index is 1.60. The first kappa shape index (κ1) is 14.8. The number of likely N-dealkylation sites (tertiary alicyclic amines) is 1. The summed E-state index contributed by atoms with van der Waals surface area (Å²) >= 11 is 0. The second kappa shape index (κ2) is 7.24. The van der Waals surface area contributed by atoms with Gasteiger partial charge in [-0.1, -0.05) is 18.2 Å². The van der Waals surface area contributed by atoms with Gasteiger partial charge in [0.25, 0.3) is 0 Å². The highest BCUT2D eigenvalue weighted by Crippen LogP contribution is 2.25. The van der Waals surface area contributed by atoms with Crippen LogP contribution in [0.4, 0.5) is 4.39 Å². The van der Waals surface area contributed by atoms with Gasteiger partial charge in [0.2, 0.25) is 6.41 Å². The second-order valence-corrected chi connectivity index (χ2v) is 5.13. The molecule has 1 fully saturated rings. The van der Waals surface area contributed by atoms with Crippen molar-refractivity contribution < 1.29 is 13.9 Å². The number of halogens is 1. The summed E-state index contributed by atoms with van der Waals surface area (Å²) in [5.74, 6) is 0.823. The molecule has 0 radical (unpaired) electrons. The summed E-state index contributed by atoms with van der Waals surface area (Å²) in [4.78, 5) is 12.2. The summed E-state index contributed by atoms with van der Waals surface area (Å²) in [7, 11) is 0. The van der Waals surface area contributed by atoms with Gasteiger partial charge in [0.15, 0.2) is 0 Å². The summed E-state index contributed by atoms with van der Waals surface area (Å²) in [5.41, 5.74) is -1.20. The largest absolute Gasteiger partial charge is 0.492 e. The lowest BCUT2D eigenvalue weighted by molar-refractivity contribution is -0.120. The van der Waals surface area contributed by atoms with E-state index >= 15 is 0 Å². The molecule has 1 amide bonds. The number of hydrogen-bond donors (Lipinski definition) is 1. The van der Waals surface area contributed by atoms with E-state index < -0.39 is 5.67 Å². The SMILES string of the molecule is O=CN1CCC(F)(CNCCOc2ccccc2)CC1. The smallest absolute Gasteiger partial charge is 0.209 e. The highest BCUT2D eigenvalue weighted by Gasteiger charge is 2.33. The molecule has 0 unspecified atom stereocenters. The predicted octanol–water partition coefficient (Wildman–Crippen LogP) is 1.62. The van der Waals surface area contributed by atoms with Crippen LogP contribution in [0.25, 0.3) is 0 Å². The Labute approximate surface area is 118 Å². The van der Waals surface area contributed by atoms with Crippen molar-refractivity contribution in [3.05, 3.63) is 30.3 Å². The number of hydrogen-bond acceptors (Lipinski definition) is 3. The first-order valence-corrected chi connectivity index (χ1v) is 6.99. The van der Waals surface area contributed by atoms with Crippen LogP contribution in [0.5, 0.6) is 5.75 Å². The molecule has 1 aliphatic rings. The maximum Gasteiger partial charge on any atom is 0.209 e. The molecule has 1 heterocycles. The molecule has 4 nitrogen and oxygen atoms in total. The molecule has 1 aromatic rings. The van der Waals surface area contributed by atoms with E-state index in [4.69, 9.17) is 4.74 Å². The topological polar surface area (TPSA) is 41.6 Å². The molecule has 0 atom stereocenters. The van der Waals surface area contributed by atoms with Crippen LogP contribution in [-0.4, -0.2) is 49.8 Å². The zero-order valence-electron chi connectivity index (χ0n) is 11.6. The summed E-state index contributed by atoms with van der Waals surface area (Å²) in [5, 5.41) is 3.09. The summed E-state index contributed by atoms with van der Waals surface area (Å²) in [6.07, 6.45) is 1.59. The number of piperidine rings is 1. The number of carbonyl (C=O) groups excluding carboxylic acids is 1. The van der Waals surface area contributed by atoms with Gasteiger partial charge in [0.1, 0.15) is 18.0 Å². The number of nitrogens with zero attached hydrogens (tertiary/aromatic N) is 1. The summed E-state index contributed by atoms with van der Waals surface area (Å²) < 4.78 is 19.9. The number of ether oxygens (including phenoxy) is 1. The van der Waals surface area contributed by atoms with Crippen LogP contribution in [0.15, 0.2) is 30.3 Å². The quantitative estimate of drug-likeness (QED) is 0.609. The minimum absolute atomic E-state index is 0.317. The number of amides is 1. The normalized spacial score (nSPS) is 17.8. The van der Waals surface area contributed by atoms with Crippen LogP contribution < -0.4 is 10.1 Å². The Kier molecular flexibility index (Phi) is 5.35. The Bertz CT molecular complexity index is 406. The second-order valence-electron chi connectivity index (χ2n) is 5.13. The fraction of sp³-hybridized carbons (Fsp3) is 0.533. The minimum Gasteiger partial charge on any atom is -0.492 e. The Morgan fingerprint density at radius 2 is 2.00 bits per heavy atom. The van der Waals surface area contributed by atoms with E-state index in [2.05, 4.69) is 5.32 Å². The average Bonchev–Trinajstić information content (AvgIpc) is 2.49. The van der Waals surface area contributed by atoms with Crippen molar-refractivity contribution >= 4 is 6.41 Å². The standard InChI is InChI=1S/C15H21FN2O2/c16-15(6-9-18(13-19)10-7-15)12-17-8-11-20-14-4-2-1-3-5-14/h1-5,13,17H,6-12H2. The number of nitrogens with one attached hydrogen (secondary N) is 1. The monoisotopic (exact) mass is 280 g/mol. The average molecular weight is 280 g/mol. The highest BCUT2D eigenvalue weighted by atomic mass is 19.1. The number of carbonyl (C=O) groups is 1. The Morgan fingerprint density at radius 1 is 1.30 bits per heavy atom. The van der Waals surface area contributed by atoms with Crippen molar-refractivity contribution in [3.63, 3.8) is 0 Å². The van der Waals surface area contributed by atoms with Crippen molar-refractivity contribution in [2.24, 2.45) is 0 Å². The number of para-hydroxylation sites is 1. The summed E-state index contributed by atoms with van der Waals surface area (Å²) in [6, 6.07) is 9.56. The van der Waals surface area contributed by atoms with Crippen LogP contribution >= 0.6 is 0 Å². The van der Waals surface area contributed by atoms with Crippen LogP contribution in [0.3, 0.4) is 0 Å². The van der Waals surface area contributed by atoms with Crippen LogP contribution in [0.2, 0.25) is 0 Å². The number of benzene rings is 1. The van der Waals surface area contributed by atoms with Gasteiger partial charge in [-0.05, 0) is 12.1 Å². The van der Waals surface area contributed by atoms with Gasteiger partial charge in [-0.3, -0.25) is 4.79 Å². The molecule has 20 heavy (non-hydrogen) atoms.